The van der Waals surface area contributed by atoms with Crippen LogP contribution in [0, 0.1) is 17.7 Å². The molecule has 16 heteroatoms. The van der Waals surface area contributed by atoms with Crippen LogP contribution in [-0.4, -0.2) is 29.0 Å². The van der Waals surface area contributed by atoms with Crippen LogP contribution in [0.5, 0.6) is 0 Å². The first-order valence-electron chi connectivity index (χ1n) is 46.5. The molecule has 0 fully saturated rings. The van der Waals surface area contributed by atoms with Gasteiger partial charge in [0, 0.05) is 146 Å². The molecular formula is C127H92BF2IrN9O2P-. The van der Waals surface area contributed by atoms with E-state index in [0.29, 0.717) is 5.69 Å². The quantitative estimate of drug-likeness (QED) is 0.0426. The second kappa shape index (κ2) is 46.1. The predicted molar refractivity (Wildman–Crippen MR) is 590 cm³/mol. The van der Waals surface area contributed by atoms with E-state index in [9.17, 15) is 13.6 Å². The Morgan fingerprint density at radius 1 is 0.266 bits per heavy atom. The molecule has 21 aromatic carbocycles. The first-order chi connectivity index (χ1) is 70.0. The molecule has 0 unspecified atom stereocenters. The van der Waals surface area contributed by atoms with Gasteiger partial charge in [0.2, 0.25) is 0 Å². The molecule has 2 aromatic heterocycles. The van der Waals surface area contributed by atoms with Crippen molar-refractivity contribution in [3.63, 3.8) is 0 Å². The molecule has 23 rings (SSSR count). The molecule has 0 spiro atoms. The van der Waals surface area contributed by atoms with Crippen molar-refractivity contribution in [2.24, 2.45) is 4.66 Å². The van der Waals surface area contributed by atoms with Crippen LogP contribution in [0.1, 0.15) is 10.5 Å². The second-order valence-corrected chi connectivity index (χ2v) is 33.6. The van der Waals surface area contributed by atoms with Crippen molar-refractivity contribution in [3.8, 4) is 22.4 Å². The molecule has 0 bridgehead atoms. The van der Waals surface area contributed by atoms with Crippen LogP contribution in [0.25, 0.3) is 76.2 Å². The summed E-state index contributed by atoms with van der Waals surface area (Å²) < 4.78 is 28.6. The van der Waals surface area contributed by atoms with Crippen LogP contribution in [0.2, 0.25) is 0 Å². The fourth-order valence-corrected chi connectivity index (χ4v) is 17.8. The van der Waals surface area contributed by atoms with E-state index >= 15 is 0 Å². The molecule has 0 saturated heterocycles. The van der Waals surface area contributed by atoms with Gasteiger partial charge in [0.1, 0.15) is 5.69 Å². The summed E-state index contributed by atoms with van der Waals surface area (Å²) in [5.74, 6) is -2.28. The summed E-state index contributed by atoms with van der Waals surface area (Å²) in [7, 11) is 6.97. The number of nitrogens with zero attached hydrogens (tertiary/aromatic N) is 9. The van der Waals surface area contributed by atoms with E-state index in [4.69, 9.17) is 5.11 Å². The van der Waals surface area contributed by atoms with Crippen LogP contribution in [0.3, 0.4) is 0 Å². The van der Waals surface area contributed by atoms with E-state index in [1.54, 1.807) is 36.5 Å². The molecule has 0 aliphatic heterocycles. The molecule has 0 aliphatic rings. The van der Waals surface area contributed by atoms with Crippen LogP contribution < -0.4 is 29.4 Å². The van der Waals surface area contributed by atoms with Gasteiger partial charge in [-0.15, -0.1) is 12.1 Å². The Balaban J connectivity index is 0.000000156. The summed E-state index contributed by atoms with van der Waals surface area (Å²) in [5.41, 5.74) is 22.8. The molecule has 1 N–H and O–H groups in total. The van der Waals surface area contributed by atoms with Gasteiger partial charge in [0.25, 0.3) is 7.98 Å². The molecule has 3 radical (unpaired) electrons. The van der Waals surface area contributed by atoms with Crippen LogP contribution >= 0.6 is 9.03 Å². The molecular weight excluding hydrogens is 1960 g/mol. The summed E-state index contributed by atoms with van der Waals surface area (Å²) in [4.78, 5) is 31.7. The van der Waals surface area contributed by atoms with E-state index in [-0.39, 0.29) is 31.4 Å². The molecule has 143 heavy (non-hydrogen) atoms. The van der Waals surface area contributed by atoms with E-state index in [2.05, 4.69) is 552 Å². The van der Waals surface area contributed by atoms with E-state index in [0.717, 1.165) is 115 Å². The summed E-state index contributed by atoms with van der Waals surface area (Å²) in [6, 6.07) is 188. The number of hydrogen-bond acceptors (Lipinski definition) is 10. The van der Waals surface area contributed by atoms with Gasteiger partial charge in [-0.25, -0.2) is 9.78 Å². The van der Waals surface area contributed by atoms with Crippen LogP contribution in [0.15, 0.2) is 551 Å². The monoisotopic (exact) mass is 2050 g/mol. The molecule has 2 heterocycles. The Labute approximate surface area is 847 Å². The Morgan fingerprint density at radius 2 is 0.517 bits per heavy atom. The SMILES string of the molecule is Fc1c[c-]c(-c2ccccn2)c(F)c1.O=C(O)c1ccccn1.[B]N=P.[Ir].c1ccc(N(c2ccc(-c3ccc(N(c4ccccc4)c4cccc5ccccc45)cc3)cc2)c2cccc3ccccc23)cc1.c1ccc(N(c2ccc(N(c3ccc(N(c4ccccc4)c4ccc5ccccc5c4)cc3)c3ccc(N(c4ccccc4)c4ccc5ccccc5c4)cc3)cc2)c2ccc3ccccc3c2)cc1. The van der Waals surface area contributed by atoms with Gasteiger partial charge in [-0.1, -0.05) is 309 Å². The molecule has 0 amide bonds. The number of carboxylic acid groups (broad SMARTS) is 1. The van der Waals surface area contributed by atoms with E-state index in [1.807, 2.05) is 0 Å². The zero-order chi connectivity index (χ0) is 96.7. The number of benzene rings is 21. The maximum Gasteiger partial charge on any atom is 0.354 e. The topological polar surface area (TPSA) is 94.9 Å². The molecule has 0 aliphatic carbocycles. The number of aromatic nitrogens is 2. The number of aromatic carboxylic acids is 1. The minimum absolute atomic E-state index is 0. The molecule has 689 valence electrons. The number of carboxylic acids is 1. The number of rotatable bonds is 21. The number of fused-ring (bicyclic) bond motifs is 5. The zero-order valence-electron chi connectivity index (χ0n) is 77.5. The molecule has 0 atom stereocenters. The Morgan fingerprint density at radius 3 is 0.818 bits per heavy atom. The fraction of sp³-hybridized carbons (Fsp3) is 0. The number of hydrogen-bond donors (Lipinski definition) is 1. The predicted octanol–water partition coefficient (Wildman–Crippen LogP) is 35.6. The standard InChI is InChI=1S/C66H48N4.C44H32N2.C11H6F2N.C6H5NO2.BHNP.Ir/c1-4-22-55(23-5-1)68(64-31-28-49-16-10-13-19-52(49)46-64)61-40-34-58(35-41-61)67(59-36-42-62(43-37-59)69(56-24-6-2-7-25-56)65-32-29-50-17-11-14-20-53(50)47-65)60-38-44-63(45-39-60)70(57-26-8-3-9-27-57)66-33-30-51-18-12-15-21-54(51)48-66;1-3-17-37(18-4-1)45(43-23-11-15-35-13-7-9-21-41(35)43)39-29-25-33(26-30-39)34-27-31-40(32-28-34)46(38-19-5-2-6-20-38)44-24-12-16-36-14-8-10-22-42(36)44;12-8-4-5-9(10(13)7-8)11-3-1-2-6-14-11;8-6(9)5-3-1-2-4-7-5;1-2-3;/h1-48H;1-32H;1-4,6-7H;1-4H,(H,8,9);3H;/q;;-1;;;. The average Bonchev–Trinajstić information content (AvgIpc) is 0.649. The van der Waals surface area contributed by atoms with Crippen molar-refractivity contribution in [3.05, 3.63) is 570 Å². The third-order valence-electron chi connectivity index (χ3n) is 24.4. The normalized spacial score (nSPS) is 10.6. The second-order valence-electron chi connectivity index (χ2n) is 33.3. The van der Waals surface area contributed by atoms with Gasteiger partial charge < -0.3 is 44.1 Å². The van der Waals surface area contributed by atoms with Crippen molar-refractivity contribution in [2.75, 3.05) is 29.4 Å². The first-order valence-corrected chi connectivity index (χ1v) is 47.0. The minimum atomic E-state index is -0.990. The van der Waals surface area contributed by atoms with Crippen molar-refractivity contribution >= 4 is 179 Å². The number of carbonyl (C=O) groups is 1. The minimum Gasteiger partial charge on any atom is -0.477 e. The van der Waals surface area contributed by atoms with Gasteiger partial charge in [0.05, 0.1) is 11.4 Å². The summed E-state index contributed by atoms with van der Waals surface area (Å²) in [6.07, 6.45) is 3.00. The molecule has 0 saturated carbocycles. The number of halogens is 2. The van der Waals surface area contributed by atoms with Gasteiger partial charge in [-0.3, -0.25) is 8.78 Å². The van der Waals surface area contributed by atoms with E-state index < -0.39 is 17.6 Å². The van der Waals surface area contributed by atoms with Gasteiger partial charge >= 0.3 is 5.97 Å². The number of pyridine rings is 2. The summed E-state index contributed by atoms with van der Waals surface area (Å²) >= 11 is 0. The van der Waals surface area contributed by atoms with Crippen molar-refractivity contribution in [1.82, 2.24) is 9.97 Å². The Kier molecular flexibility index (Phi) is 30.8. The fourth-order valence-electron chi connectivity index (χ4n) is 17.8. The van der Waals surface area contributed by atoms with Crippen molar-refractivity contribution in [2.45, 2.75) is 0 Å². The molecule has 23 aromatic rings. The largest absolute Gasteiger partial charge is 0.477 e. The summed E-state index contributed by atoms with van der Waals surface area (Å²) in [6.45, 7) is 0. The summed E-state index contributed by atoms with van der Waals surface area (Å²) in [5, 5.41) is 20.5. The first kappa shape index (κ1) is 95.5. The third kappa shape index (κ3) is 22.5. The maximum atomic E-state index is 13.2. The van der Waals surface area contributed by atoms with Gasteiger partial charge in [-0.2, -0.15) is 0 Å². The Hall–Kier alpha value is -17.8. The van der Waals surface area contributed by atoms with Crippen molar-refractivity contribution in [1.29, 1.82) is 0 Å². The number of anilines is 18. The smallest absolute Gasteiger partial charge is 0.354 e. The van der Waals surface area contributed by atoms with Gasteiger partial charge in [-0.05, 0) is 293 Å². The van der Waals surface area contributed by atoms with Crippen LogP contribution in [0.4, 0.5) is 111 Å². The molecule has 11 nitrogen and oxygen atoms in total. The third-order valence-corrected chi connectivity index (χ3v) is 24.4. The Bertz CT molecular complexity index is 7630. The number of para-hydroxylation sites is 5. The van der Waals surface area contributed by atoms with Crippen molar-refractivity contribution < 1.29 is 38.8 Å². The zero-order valence-corrected chi connectivity index (χ0v) is 80.9. The van der Waals surface area contributed by atoms with Gasteiger partial charge in [0.15, 0.2) is 0 Å². The maximum absolute atomic E-state index is 13.2. The van der Waals surface area contributed by atoms with Crippen LogP contribution in [-0.2, 0) is 20.1 Å². The average molecular weight is 2050 g/mol. The van der Waals surface area contributed by atoms with E-state index in [1.165, 1.54) is 77.3 Å².